The lowest BCUT2D eigenvalue weighted by Gasteiger charge is -2.36. The molecule has 1 aliphatic carbocycles. The number of carbonyl (C=O) groups excluding carboxylic acids is 2. The third-order valence-corrected chi connectivity index (χ3v) is 4.38. The number of nitrogens with one attached hydrogen (secondary N) is 3. The first-order valence-corrected chi connectivity index (χ1v) is 7.39. The summed E-state index contributed by atoms with van der Waals surface area (Å²) in [5.74, 6) is -0.0222. The van der Waals surface area contributed by atoms with E-state index < -0.39 is 6.04 Å². The maximum absolute atomic E-state index is 12.4. The number of piperidine rings is 1. The molecule has 1 aliphatic heterocycles. The molecule has 0 aromatic heterocycles. The molecular weight excluding hydrogens is 242 g/mol. The van der Waals surface area contributed by atoms with Crippen LogP contribution >= 0.6 is 0 Å². The zero-order chi connectivity index (χ0) is 13.9. The molecule has 0 bridgehead atoms. The van der Waals surface area contributed by atoms with Gasteiger partial charge < -0.3 is 16.0 Å². The van der Waals surface area contributed by atoms with Gasteiger partial charge in [-0.25, -0.2) is 0 Å². The Morgan fingerprint density at radius 2 is 1.95 bits per heavy atom. The lowest BCUT2D eigenvalue weighted by Crippen LogP contribution is -2.53. The Labute approximate surface area is 114 Å². The molecule has 5 heteroatoms. The van der Waals surface area contributed by atoms with Gasteiger partial charge in [-0.3, -0.25) is 9.59 Å². The van der Waals surface area contributed by atoms with Crippen LogP contribution in [0.4, 0.5) is 0 Å². The summed E-state index contributed by atoms with van der Waals surface area (Å²) in [7, 11) is 0. The quantitative estimate of drug-likeness (QED) is 0.681. The van der Waals surface area contributed by atoms with E-state index in [1.165, 1.54) is 0 Å². The van der Waals surface area contributed by atoms with Gasteiger partial charge in [0.15, 0.2) is 0 Å². The maximum atomic E-state index is 12.4. The van der Waals surface area contributed by atoms with E-state index in [1.807, 2.05) is 0 Å². The van der Waals surface area contributed by atoms with Crippen molar-refractivity contribution < 1.29 is 9.59 Å². The molecule has 5 nitrogen and oxygen atoms in total. The zero-order valence-corrected chi connectivity index (χ0v) is 11.9. The molecule has 0 aromatic rings. The Kier molecular flexibility index (Phi) is 4.45. The molecule has 3 N–H and O–H groups in total. The smallest absolute Gasteiger partial charge is 0.242 e. The highest BCUT2D eigenvalue weighted by molar-refractivity contribution is 5.90. The molecule has 0 aromatic carbocycles. The number of hydrogen-bond acceptors (Lipinski definition) is 3. The van der Waals surface area contributed by atoms with Crippen molar-refractivity contribution in [1.82, 2.24) is 16.0 Å². The van der Waals surface area contributed by atoms with E-state index in [1.54, 1.807) is 6.92 Å². The normalized spacial score (nSPS) is 23.5. The molecule has 1 saturated heterocycles. The van der Waals surface area contributed by atoms with Crippen LogP contribution in [0.2, 0.25) is 0 Å². The summed E-state index contributed by atoms with van der Waals surface area (Å²) < 4.78 is 0. The molecule has 2 amide bonds. The van der Waals surface area contributed by atoms with Crippen molar-refractivity contribution in [3.63, 3.8) is 0 Å². The van der Waals surface area contributed by atoms with Crippen LogP contribution in [0, 0.1) is 5.41 Å². The second-order valence-corrected chi connectivity index (χ2v) is 5.86. The van der Waals surface area contributed by atoms with E-state index in [2.05, 4.69) is 22.9 Å². The van der Waals surface area contributed by atoms with Crippen molar-refractivity contribution in [3.8, 4) is 0 Å². The molecule has 1 unspecified atom stereocenters. The van der Waals surface area contributed by atoms with E-state index in [4.69, 9.17) is 0 Å². The van der Waals surface area contributed by atoms with Gasteiger partial charge in [0.2, 0.25) is 11.8 Å². The molecule has 2 rings (SSSR count). The average molecular weight is 267 g/mol. The highest BCUT2D eigenvalue weighted by Crippen LogP contribution is 2.32. The predicted molar refractivity (Wildman–Crippen MR) is 73.6 cm³/mol. The van der Waals surface area contributed by atoms with Crippen LogP contribution in [0.25, 0.3) is 0 Å². The Morgan fingerprint density at radius 1 is 1.32 bits per heavy atom. The second-order valence-electron chi connectivity index (χ2n) is 5.86. The van der Waals surface area contributed by atoms with E-state index in [0.29, 0.717) is 6.04 Å². The summed E-state index contributed by atoms with van der Waals surface area (Å²) in [6.45, 7) is 5.58. The third kappa shape index (κ3) is 3.47. The number of carbonyl (C=O) groups is 2. The number of rotatable bonds is 5. The van der Waals surface area contributed by atoms with Gasteiger partial charge in [0.05, 0.1) is 5.41 Å². The molecule has 2 fully saturated rings. The maximum Gasteiger partial charge on any atom is 0.242 e. The van der Waals surface area contributed by atoms with Crippen molar-refractivity contribution in [2.24, 2.45) is 5.41 Å². The number of hydrogen-bond donors (Lipinski definition) is 3. The molecule has 0 spiro atoms. The Balaban J connectivity index is 1.88. The van der Waals surface area contributed by atoms with Crippen LogP contribution in [0.1, 0.15) is 46.0 Å². The first-order chi connectivity index (χ1) is 9.07. The molecule has 1 heterocycles. The Hall–Kier alpha value is -1.10. The largest absolute Gasteiger partial charge is 0.352 e. The summed E-state index contributed by atoms with van der Waals surface area (Å²) in [5.41, 5.74) is -0.292. The fourth-order valence-electron chi connectivity index (χ4n) is 2.62. The van der Waals surface area contributed by atoms with Crippen LogP contribution < -0.4 is 16.0 Å². The van der Waals surface area contributed by atoms with Gasteiger partial charge in [-0.2, -0.15) is 0 Å². The van der Waals surface area contributed by atoms with Gasteiger partial charge >= 0.3 is 0 Å². The van der Waals surface area contributed by atoms with E-state index in [-0.39, 0.29) is 17.2 Å². The van der Waals surface area contributed by atoms with Crippen LogP contribution in [0.15, 0.2) is 0 Å². The van der Waals surface area contributed by atoms with Crippen LogP contribution in [0.3, 0.4) is 0 Å². The van der Waals surface area contributed by atoms with Crippen molar-refractivity contribution in [2.75, 3.05) is 13.1 Å². The van der Waals surface area contributed by atoms with Crippen LogP contribution in [0.5, 0.6) is 0 Å². The first-order valence-electron chi connectivity index (χ1n) is 7.39. The summed E-state index contributed by atoms with van der Waals surface area (Å²) in [5, 5.41) is 9.10. The predicted octanol–water partition coefficient (Wildman–Crippen LogP) is 0.549. The van der Waals surface area contributed by atoms with E-state index in [9.17, 15) is 9.59 Å². The van der Waals surface area contributed by atoms with Crippen molar-refractivity contribution >= 4 is 11.8 Å². The van der Waals surface area contributed by atoms with Crippen molar-refractivity contribution in [2.45, 2.75) is 58.0 Å². The average Bonchev–Trinajstić information content (AvgIpc) is 3.23. The van der Waals surface area contributed by atoms with Crippen LogP contribution in [-0.2, 0) is 9.59 Å². The van der Waals surface area contributed by atoms with E-state index in [0.717, 1.165) is 45.2 Å². The lowest BCUT2D eigenvalue weighted by molar-refractivity contribution is -0.136. The highest BCUT2D eigenvalue weighted by Gasteiger charge is 2.39. The molecular formula is C14H25N3O2. The molecule has 1 saturated carbocycles. The molecule has 2 aliphatic rings. The summed E-state index contributed by atoms with van der Waals surface area (Å²) in [6.07, 6.45) is 4.67. The minimum absolute atomic E-state index is 0.0370. The zero-order valence-electron chi connectivity index (χ0n) is 11.9. The molecule has 1 atom stereocenters. The number of amides is 2. The Morgan fingerprint density at radius 3 is 2.47 bits per heavy atom. The van der Waals surface area contributed by atoms with Crippen LogP contribution in [-0.4, -0.2) is 37.0 Å². The van der Waals surface area contributed by atoms with Gasteiger partial charge in [-0.05, 0) is 52.1 Å². The summed E-state index contributed by atoms with van der Waals surface area (Å²) >= 11 is 0. The standard InChI is InChI=1S/C14H25N3O2/c1-3-14(6-8-15-9-7-14)13(19)16-10(2)12(18)17-11-4-5-11/h10-11,15H,3-9H2,1-2H3,(H,16,19)(H,17,18). The van der Waals surface area contributed by atoms with Gasteiger partial charge in [-0.1, -0.05) is 6.92 Å². The third-order valence-electron chi connectivity index (χ3n) is 4.38. The summed E-state index contributed by atoms with van der Waals surface area (Å²) in [4.78, 5) is 24.3. The molecule has 0 radical (unpaired) electrons. The topological polar surface area (TPSA) is 70.2 Å². The van der Waals surface area contributed by atoms with Crippen molar-refractivity contribution in [3.05, 3.63) is 0 Å². The van der Waals surface area contributed by atoms with Gasteiger partial charge in [0, 0.05) is 6.04 Å². The highest BCUT2D eigenvalue weighted by atomic mass is 16.2. The van der Waals surface area contributed by atoms with Gasteiger partial charge in [-0.15, -0.1) is 0 Å². The fraction of sp³-hybridized carbons (Fsp3) is 0.857. The SMILES string of the molecule is CCC1(C(=O)NC(C)C(=O)NC2CC2)CCNCC1. The second kappa shape index (κ2) is 5.90. The minimum atomic E-state index is -0.439. The first kappa shape index (κ1) is 14.3. The van der Waals surface area contributed by atoms with Gasteiger partial charge in [0.1, 0.15) is 6.04 Å². The molecule has 19 heavy (non-hydrogen) atoms. The minimum Gasteiger partial charge on any atom is -0.352 e. The summed E-state index contributed by atoms with van der Waals surface area (Å²) in [6, 6.07) is -0.0997. The van der Waals surface area contributed by atoms with E-state index >= 15 is 0 Å². The Bertz CT molecular complexity index is 347. The fourth-order valence-corrected chi connectivity index (χ4v) is 2.62. The lowest BCUT2D eigenvalue weighted by atomic mass is 9.75. The molecule has 108 valence electrons. The van der Waals surface area contributed by atoms with Crippen molar-refractivity contribution in [1.29, 1.82) is 0 Å². The van der Waals surface area contributed by atoms with Gasteiger partial charge in [0.25, 0.3) is 0 Å². The monoisotopic (exact) mass is 267 g/mol.